The van der Waals surface area contributed by atoms with Gasteiger partial charge in [-0.3, -0.25) is 9.59 Å². The molecule has 0 fully saturated rings. The van der Waals surface area contributed by atoms with Crippen LogP contribution in [0.25, 0.3) is 0 Å². The van der Waals surface area contributed by atoms with Crippen molar-refractivity contribution in [2.24, 2.45) is 0 Å². The number of halogens is 4. The van der Waals surface area contributed by atoms with Crippen LogP contribution in [0.4, 0.5) is 13.2 Å². The molecule has 0 aliphatic rings. The second-order valence-electron chi connectivity index (χ2n) is 5.35. The Hall–Kier alpha value is -2.81. The molecule has 1 heterocycles. The molecule has 2 aromatic rings. The molecule has 144 valence electrons. The Morgan fingerprint density at radius 1 is 1.15 bits per heavy atom. The lowest BCUT2D eigenvalue weighted by Gasteiger charge is -2.10. The predicted octanol–water partition coefficient (Wildman–Crippen LogP) is 2.72. The van der Waals surface area contributed by atoms with Crippen LogP contribution in [0.1, 0.15) is 15.9 Å². The highest BCUT2D eigenvalue weighted by Gasteiger charge is 2.28. The number of alkyl halides is 3. The van der Waals surface area contributed by atoms with Gasteiger partial charge in [-0.2, -0.15) is 13.2 Å². The Morgan fingerprint density at radius 2 is 1.89 bits per heavy atom. The van der Waals surface area contributed by atoms with Gasteiger partial charge in [-0.1, -0.05) is 23.7 Å². The molecule has 2 amide bonds. The number of carbonyl (C=O) groups excluding carboxylic acids is 2. The van der Waals surface area contributed by atoms with Crippen molar-refractivity contribution in [3.63, 3.8) is 0 Å². The van der Waals surface area contributed by atoms with Crippen molar-refractivity contribution in [2.75, 3.05) is 13.2 Å². The molecule has 0 bridgehead atoms. The van der Waals surface area contributed by atoms with Crippen molar-refractivity contribution in [3.8, 4) is 5.88 Å². The second-order valence-corrected chi connectivity index (χ2v) is 5.75. The van der Waals surface area contributed by atoms with E-state index in [1.54, 1.807) is 18.2 Å². The topological polar surface area (TPSA) is 80.3 Å². The smallest absolute Gasteiger partial charge is 0.422 e. The van der Waals surface area contributed by atoms with E-state index in [1.165, 1.54) is 24.4 Å². The Balaban J connectivity index is 1.80. The minimum absolute atomic E-state index is 0.0334. The van der Waals surface area contributed by atoms with Gasteiger partial charge >= 0.3 is 6.18 Å². The molecule has 0 saturated carbocycles. The molecule has 0 aliphatic carbocycles. The number of nitrogens with zero attached hydrogens (tertiary/aromatic N) is 1. The van der Waals surface area contributed by atoms with Gasteiger partial charge in [0, 0.05) is 18.8 Å². The van der Waals surface area contributed by atoms with Gasteiger partial charge in [0.1, 0.15) is 0 Å². The summed E-state index contributed by atoms with van der Waals surface area (Å²) in [6.45, 7) is -1.71. The average Bonchev–Trinajstić information content (AvgIpc) is 2.63. The van der Waals surface area contributed by atoms with Crippen LogP contribution < -0.4 is 15.4 Å². The van der Waals surface area contributed by atoms with Crippen LogP contribution >= 0.6 is 11.6 Å². The fourth-order valence-electron chi connectivity index (χ4n) is 1.96. The fourth-order valence-corrected chi connectivity index (χ4v) is 2.18. The molecule has 10 heteroatoms. The van der Waals surface area contributed by atoms with E-state index in [4.69, 9.17) is 11.6 Å². The molecular weight excluding hydrogens is 387 g/mol. The first-order chi connectivity index (χ1) is 12.7. The number of benzene rings is 1. The summed E-state index contributed by atoms with van der Waals surface area (Å²) in [4.78, 5) is 27.4. The largest absolute Gasteiger partial charge is 0.468 e. The minimum atomic E-state index is -4.47. The molecule has 0 unspecified atom stereocenters. The lowest BCUT2D eigenvalue weighted by atomic mass is 10.2. The first kappa shape index (κ1) is 20.5. The fraction of sp³-hybridized carbons (Fsp3) is 0.235. The molecule has 0 spiro atoms. The van der Waals surface area contributed by atoms with Gasteiger partial charge in [-0.15, -0.1) is 0 Å². The molecule has 0 radical (unpaired) electrons. The Labute approximate surface area is 157 Å². The highest BCUT2D eigenvalue weighted by atomic mass is 35.5. The van der Waals surface area contributed by atoms with Gasteiger partial charge in [0.25, 0.3) is 5.91 Å². The van der Waals surface area contributed by atoms with Gasteiger partial charge in [0.2, 0.25) is 11.8 Å². The first-order valence-electron chi connectivity index (χ1n) is 7.68. The Bertz CT molecular complexity index is 815. The predicted molar refractivity (Wildman–Crippen MR) is 91.4 cm³/mol. The van der Waals surface area contributed by atoms with E-state index in [2.05, 4.69) is 20.4 Å². The molecule has 1 aromatic carbocycles. The number of nitrogens with one attached hydrogen (secondary N) is 2. The van der Waals surface area contributed by atoms with Crippen LogP contribution in [0.15, 0.2) is 42.6 Å². The highest BCUT2D eigenvalue weighted by Crippen LogP contribution is 2.17. The van der Waals surface area contributed by atoms with Crippen molar-refractivity contribution in [2.45, 2.75) is 12.7 Å². The number of rotatable bonds is 7. The van der Waals surface area contributed by atoms with Crippen LogP contribution in [0.3, 0.4) is 0 Å². The summed E-state index contributed by atoms with van der Waals surface area (Å²) in [5.41, 5.74) is 0.737. The normalized spacial score (nSPS) is 11.0. The number of hydrogen-bond donors (Lipinski definition) is 2. The third-order valence-corrected chi connectivity index (χ3v) is 3.53. The summed E-state index contributed by atoms with van der Waals surface area (Å²) >= 11 is 5.89. The van der Waals surface area contributed by atoms with Crippen LogP contribution in [-0.4, -0.2) is 36.1 Å². The summed E-state index contributed by atoms with van der Waals surface area (Å²) < 4.78 is 41.0. The molecule has 2 N–H and O–H groups in total. The van der Waals surface area contributed by atoms with Crippen LogP contribution in [0.2, 0.25) is 5.02 Å². The zero-order chi connectivity index (χ0) is 19.9. The van der Waals surface area contributed by atoms with Gasteiger partial charge in [-0.25, -0.2) is 4.98 Å². The highest BCUT2D eigenvalue weighted by molar-refractivity contribution is 6.33. The minimum Gasteiger partial charge on any atom is -0.468 e. The number of ether oxygens (including phenoxy) is 1. The maximum atomic E-state index is 12.1. The molecular formula is C17H15ClF3N3O3. The third-order valence-electron chi connectivity index (χ3n) is 3.20. The van der Waals surface area contributed by atoms with Gasteiger partial charge < -0.3 is 15.4 Å². The maximum absolute atomic E-state index is 12.1. The molecule has 0 aliphatic heterocycles. The van der Waals surface area contributed by atoms with E-state index in [9.17, 15) is 22.8 Å². The van der Waals surface area contributed by atoms with Crippen molar-refractivity contribution >= 4 is 23.4 Å². The quantitative estimate of drug-likeness (QED) is 0.747. The number of amides is 2. The van der Waals surface area contributed by atoms with E-state index in [0.717, 1.165) is 0 Å². The third kappa shape index (κ3) is 7.14. The van der Waals surface area contributed by atoms with E-state index in [1.807, 2.05) is 0 Å². The molecule has 6 nitrogen and oxygen atoms in total. The Morgan fingerprint density at radius 3 is 2.59 bits per heavy atom. The number of hydrogen-bond acceptors (Lipinski definition) is 4. The van der Waals surface area contributed by atoms with Gasteiger partial charge in [-0.05, 0) is 23.8 Å². The SMILES string of the molecule is O=C(CNC(=O)c1ccccc1Cl)NCc1ccnc(OCC(F)(F)F)c1. The molecule has 0 saturated heterocycles. The standard InChI is InChI=1S/C17H15ClF3N3O3/c18-13-4-2-1-3-12(13)16(26)24-9-14(25)23-8-11-5-6-22-15(7-11)27-10-17(19,20)21/h1-7H,8-10H2,(H,23,25)(H,24,26). The summed E-state index contributed by atoms with van der Waals surface area (Å²) in [5.74, 6) is -1.18. The monoisotopic (exact) mass is 401 g/mol. The first-order valence-corrected chi connectivity index (χ1v) is 8.06. The zero-order valence-electron chi connectivity index (χ0n) is 13.8. The lowest BCUT2D eigenvalue weighted by molar-refractivity contribution is -0.154. The molecule has 1 aromatic heterocycles. The number of carbonyl (C=O) groups is 2. The van der Waals surface area contributed by atoms with Crippen LogP contribution in [-0.2, 0) is 11.3 Å². The summed E-state index contributed by atoms with van der Waals surface area (Å²) in [5, 5.41) is 5.22. The van der Waals surface area contributed by atoms with Crippen molar-refractivity contribution in [3.05, 3.63) is 58.7 Å². The van der Waals surface area contributed by atoms with E-state index in [0.29, 0.717) is 5.56 Å². The maximum Gasteiger partial charge on any atom is 0.422 e. The van der Waals surface area contributed by atoms with Crippen LogP contribution in [0.5, 0.6) is 5.88 Å². The number of pyridine rings is 1. The van der Waals surface area contributed by atoms with Gasteiger partial charge in [0.05, 0.1) is 17.1 Å². The molecule has 2 rings (SSSR count). The van der Waals surface area contributed by atoms with Crippen molar-refractivity contribution in [1.82, 2.24) is 15.6 Å². The zero-order valence-corrected chi connectivity index (χ0v) is 14.6. The number of aromatic nitrogens is 1. The summed E-state index contributed by atoms with van der Waals surface area (Å²) in [6.07, 6.45) is -3.20. The summed E-state index contributed by atoms with van der Waals surface area (Å²) in [7, 11) is 0. The average molecular weight is 402 g/mol. The van der Waals surface area contributed by atoms with E-state index >= 15 is 0 Å². The lowest BCUT2D eigenvalue weighted by Crippen LogP contribution is -2.36. The van der Waals surface area contributed by atoms with Gasteiger partial charge in [0.15, 0.2) is 6.61 Å². The summed E-state index contributed by atoms with van der Waals surface area (Å²) in [6, 6.07) is 9.20. The van der Waals surface area contributed by atoms with E-state index in [-0.39, 0.29) is 29.6 Å². The van der Waals surface area contributed by atoms with Crippen molar-refractivity contribution in [1.29, 1.82) is 0 Å². The second kappa shape index (κ2) is 9.22. The molecule has 27 heavy (non-hydrogen) atoms. The van der Waals surface area contributed by atoms with Crippen molar-refractivity contribution < 1.29 is 27.5 Å². The van der Waals surface area contributed by atoms with Crippen LogP contribution in [0, 0.1) is 0 Å². The van der Waals surface area contributed by atoms with E-state index < -0.39 is 24.6 Å². The molecule has 0 atom stereocenters. The Kier molecular flexibility index (Phi) is 7.00.